The number of nitrogens with zero attached hydrogens (tertiary/aromatic N) is 3. The van der Waals surface area contributed by atoms with Gasteiger partial charge in [0, 0.05) is 19.3 Å². The molecule has 10 heteroatoms. The average Bonchev–Trinajstić information content (AvgIpc) is 3.18. The monoisotopic (exact) mass is 494 g/mol. The number of hydrogen-bond donors (Lipinski definition) is 1. The first kappa shape index (κ1) is 24.3. The van der Waals surface area contributed by atoms with E-state index in [0.29, 0.717) is 43.8 Å². The molecule has 1 unspecified atom stereocenters. The van der Waals surface area contributed by atoms with Crippen LogP contribution in [0.25, 0.3) is 0 Å². The first-order valence-electron chi connectivity index (χ1n) is 11.2. The zero-order valence-electron chi connectivity index (χ0n) is 19.5. The highest BCUT2D eigenvalue weighted by molar-refractivity contribution is 8.15. The molecule has 0 aliphatic carbocycles. The summed E-state index contributed by atoms with van der Waals surface area (Å²) in [7, 11) is 1.88. The highest BCUT2D eigenvalue weighted by Crippen LogP contribution is 2.25. The van der Waals surface area contributed by atoms with E-state index in [1.807, 2.05) is 67.4 Å². The summed E-state index contributed by atoms with van der Waals surface area (Å²) in [5, 5.41) is 1.64. The number of carbonyl (C=O) groups excluding carboxylic acids is 2. The van der Waals surface area contributed by atoms with Crippen molar-refractivity contribution in [1.29, 1.82) is 0 Å². The maximum Gasteiger partial charge on any atom is 0.286 e. The van der Waals surface area contributed by atoms with Gasteiger partial charge in [-0.15, -0.1) is 0 Å². The maximum atomic E-state index is 11.7. The number of nitrogens with one attached hydrogen (secondary N) is 1. The van der Waals surface area contributed by atoms with E-state index in [9.17, 15) is 9.59 Å². The zero-order chi connectivity index (χ0) is 24.6. The second kappa shape index (κ2) is 11.6. The molecule has 1 atom stereocenters. The van der Waals surface area contributed by atoms with Gasteiger partial charge in [0.2, 0.25) is 17.7 Å². The molecule has 0 spiro atoms. The second-order valence-corrected chi connectivity index (χ2v) is 8.88. The minimum Gasteiger partial charge on any atom is -0.494 e. The van der Waals surface area contributed by atoms with Crippen molar-refractivity contribution in [2.24, 2.45) is 0 Å². The largest absolute Gasteiger partial charge is 0.494 e. The fraction of sp³-hybridized carbons (Fsp3) is 0.280. The molecule has 2 heterocycles. The minimum absolute atomic E-state index is 0.237. The zero-order valence-corrected chi connectivity index (χ0v) is 20.3. The molecule has 9 nitrogen and oxygen atoms in total. The third-order valence-electron chi connectivity index (χ3n) is 5.12. The van der Waals surface area contributed by atoms with E-state index in [0.717, 1.165) is 28.8 Å². The molecule has 1 aliphatic rings. The predicted octanol–water partition coefficient (Wildman–Crippen LogP) is 4.08. The molecule has 2 amide bonds. The van der Waals surface area contributed by atoms with Gasteiger partial charge in [-0.1, -0.05) is 23.9 Å². The molecule has 1 fully saturated rings. The van der Waals surface area contributed by atoms with Crippen LogP contribution >= 0.6 is 11.8 Å². The minimum atomic E-state index is -0.378. The summed E-state index contributed by atoms with van der Waals surface area (Å²) in [6, 6.07) is 16.6. The fourth-order valence-corrected chi connectivity index (χ4v) is 4.19. The molecule has 0 bridgehead atoms. The summed E-state index contributed by atoms with van der Waals surface area (Å²) >= 11 is 1.03. The number of thioether (sulfide) groups is 1. The number of rotatable bonds is 11. The smallest absolute Gasteiger partial charge is 0.286 e. The number of aromatic nitrogens is 2. The highest BCUT2D eigenvalue weighted by atomic mass is 32.2. The molecule has 1 N–H and O–H groups in total. The van der Waals surface area contributed by atoms with Crippen LogP contribution in [-0.2, 0) is 11.2 Å². The highest BCUT2D eigenvalue weighted by Gasteiger charge is 2.31. The quantitative estimate of drug-likeness (QED) is 0.422. The van der Waals surface area contributed by atoms with E-state index in [-0.39, 0.29) is 16.4 Å². The maximum absolute atomic E-state index is 11.7. The van der Waals surface area contributed by atoms with Crippen molar-refractivity contribution < 1.29 is 23.8 Å². The summed E-state index contributed by atoms with van der Waals surface area (Å²) < 4.78 is 17.1. The van der Waals surface area contributed by atoms with E-state index < -0.39 is 0 Å². The van der Waals surface area contributed by atoms with Crippen LogP contribution in [0.4, 0.5) is 10.7 Å². The van der Waals surface area contributed by atoms with Crippen LogP contribution < -0.4 is 24.4 Å². The van der Waals surface area contributed by atoms with Gasteiger partial charge < -0.3 is 19.1 Å². The van der Waals surface area contributed by atoms with Gasteiger partial charge in [0.05, 0.1) is 18.4 Å². The lowest BCUT2D eigenvalue weighted by Crippen LogP contribution is -2.25. The van der Waals surface area contributed by atoms with Gasteiger partial charge in [-0.3, -0.25) is 14.9 Å². The van der Waals surface area contributed by atoms with Crippen molar-refractivity contribution in [1.82, 2.24) is 15.3 Å². The molecule has 35 heavy (non-hydrogen) atoms. The van der Waals surface area contributed by atoms with E-state index in [2.05, 4.69) is 15.3 Å². The van der Waals surface area contributed by atoms with Crippen molar-refractivity contribution in [2.75, 3.05) is 31.7 Å². The molecule has 0 saturated carbocycles. The molecule has 2 aromatic carbocycles. The predicted molar refractivity (Wildman–Crippen MR) is 134 cm³/mol. The van der Waals surface area contributed by atoms with Crippen molar-refractivity contribution in [3.8, 4) is 23.1 Å². The number of anilines is 1. The Morgan fingerprint density at radius 1 is 0.971 bits per heavy atom. The molecule has 1 aliphatic heterocycles. The average molecular weight is 495 g/mol. The lowest BCUT2D eigenvalue weighted by molar-refractivity contribution is -0.118. The van der Waals surface area contributed by atoms with E-state index in [1.165, 1.54) is 0 Å². The third kappa shape index (κ3) is 6.86. The summed E-state index contributed by atoms with van der Waals surface area (Å²) in [4.78, 5) is 33.7. The first-order chi connectivity index (χ1) is 17.0. The number of benzene rings is 2. The van der Waals surface area contributed by atoms with Crippen LogP contribution in [-0.4, -0.2) is 53.2 Å². The van der Waals surface area contributed by atoms with Crippen LogP contribution in [0.1, 0.15) is 12.5 Å². The number of imide groups is 1. The summed E-state index contributed by atoms with van der Waals surface area (Å²) in [6.45, 7) is 3.54. The van der Waals surface area contributed by atoms with Crippen molar-refractivity contribution >= 4 is 28.9 Å². The van der Waals surface area contributed by atoms with E-state index in [1.54, 1.807) is 12.3 Å². The number of amides is 2. The molecule has 4 rings (SSSR count). The lowest BCUT2D eigenvalue weighted by atomic mass is 10.1. The van der Waals surface area contributed by atoms with Gasteiger partial charge in [-0.2, -0.15) is 4.98 Å². The first-order valence-corrected chi connectivity index (χ1v) is 12.1. The Bertz CT molecular complexity index is 1160. The van der Waals surface area contributed by atoms with Gasteiger partial charge in [-0.25, -0.2) is 4.98 Å². The molecular formula is C25H26N4O5S. The number of carbonyl (C=O) groups is 2. The Morgan fingerprint density at radius 2 is 1.66 bits per heavy atom. The Hall–Kier alpha value is -3.79. The van der Waals surface area contributed by atoms with Gasteiger partial charge in [0.15, 0.2) is 0 Å². The Morgan fingerprint density at radius 3 is 2.34 bits per heavy atom. The summed E-state index contributed by atoms with van der Waals surface area (Å²) in [5.41, 5.74) is 0.967. The second-order valence-electron chi connectivity index (χ2n) is 7.70. The van der Waals surface area contributed by atoms with Crippen LogP contribution in [0, 0.1) is 0 Å². The molecule has 1 saturated heterocycles. The summed E-state index contributed by atoms with van der Waals surface area (Å²) in [6.07, 6.45) is 2.15. The normalized spacial score (nSPS) is 15.0. The number of likely N-dealkylation sites (N-methyl/N-ethyl adjacent to an activating group) is 1. The Kier molecular flexibility index (Phi) is 8.04. The molecule has 1 aromatic heterocycles. The molecule has 182 valence electrons. The molecule has 0 radical (unpaired) electrons. The van der Waals surface area contributed by atoms with Gasteiger partial charge >= 0.3 is 0 Å². The topological polar surface area (TPSA) is 103 Å². The fourth-order valence-electron chi connectivity index (χ4n) is 3.33. The molecule has 3 aromatic rings. The van der Waals surface area contributed by atoms with Gasteiger partial charge in [0.25, 0.3) is 5.24 Å². The third-order valence-corrected chi connectivity index (χ3v) is 6.10. The van der Waals surface area contributed by atoms with Crippen LogP contribution in [0.15, 0.2) is 60.8 Å². The van der Waals surface area contributed by atoms with Crippen LogP contribution in [0.2, 0.25) is 0 Å². The van der Waals surface area contributed by atoms with Crippen molar-refractivity contribution in [3.05, 3.63) is 66.4 Å². The lowest BCUT2D eigenvalue weighted by Gasteiger charge is -2.18. The standard InChI is InChI=1S/C25H26N4O5S/c1-3-32-18-8-10-20(11-9-18)34-22-12-13-26-24(27-22)29(2)14-15-33-19-6-4-17(5-7-19)16-21-23(30)28-25(31)35-21/h4-13,21H,3,14-16H2,1-2H3,(H,28,30,31). The molecular weight excluding hydrogens is 468 g/mol. The number of ether oxygens (including phenoxy) is 3. The Balaban J connectivity index is 1.25. The SMILES string of the molecule is CCOc1ccc(Oc2ccnc(N(C)CCOc3ccc(CC4SC(=O)NC4=O)cc3)n2)cc1. The Labute approximate surface area is 207 Å². The van der Waals surface area contributed by atoms with Crippen molar-refractivity contribution in [2.45, 2.75) is 18.6 Å². The van der Waals surface area contributed by atoms with Crippen LogP contribution in [0.3, 0.4) is 0 Å². The van der Waals surface area contributed by atoms with Crippen LogP contribution in [0.5, 0.6) is 23.1 Å². The van der Waals surface area contributed by atoms with Crippen molar-refractivity contribution in [3.63, 3.8) is 0 Å². The summed E-state index contributed by atoms with van der Waals surface area (Å²) in [5.74, 6) is 2.89. The van der Waals surface area contributed by atoms with E-state index >= 15 is 0 Å². The number of hydrogen-bond acceptors (Lipinski definition) is 9. The van der Waals surface area contributed by atoms with Gasteiger partial charge in [-0.05, 0) is 55.3 Å². The van der Waals surface area contributed by atoms with Gasteiger partial charge in [0.1, 0.15) is 23.9 Å². The van der Waals surface area contributed by atoms with E-state index in [4.69, 9.17) is 14.2 Å².